The molecular weight excluding hydrogens is 393 g/mol. The quantitative estimate of drug-likeness (QED) is 0.473. The summed E-state index contributed by atoms with van der Waals surface area (Å²) in [7, 11) is 0. The third-order valence-electron chi connectivity index (χ3n) is 4.25. The summed E-state index contributed by atoms with van der Waals surface area (Å²) in [5.74, 6) is 0. The van der Waals surface area contributed by atoms with Crippen molar-refractivity contribution in [2.75, 3.05) is 5.73 Å². The van der Waals surface area contributed by atoms with Crippen LogP contribution in [-0.4, -0.2) is 62.9 Å². The van der Waals surface area contributed by atoms with Crippen molar-refractivity contribution in [1.82, 2.24) is 14.5 Å². The molecule has 2 aromatic rings. The fourth-order valence-electron chi connectivity index (χ4n) is 2.82. The SMILES string of the molecule is C[C@@H](N)CC[Se](=O)C[C@H]1O[C@@H](n2cnc3c(N)ccnc32)C(O)[C@H]1O. The average Bonchev–Trinajstić information content (AvgIpc) is 3.10. The van der Waals surface area contributed by atoms with Crippen LogP contribution in [0.2, 0.25) is 10.6 Å². The molecule has 0 amide bonds. The Labute approximate surface area is 149 Å². The first-order valence-electron chi connectivity index (χ1n) is 8.07. The van der Waals surface area contributed by atoms with Crippen LogP contribution in [0, 0.1) is 0 Å². The molecule has 1 aliphatic heterocycles. The molecule has 0 radical (unpaired) electrons. The second-order valence-electron chi connectivity index (χ2n) is 6.35. The third kappa shape index (κ3) is 3.74. The molecule has 0 aromatic carbocycles. The van der Waals surface area contributed by atoms with Crippen LogP contribution in [0.25, 0.3) is 11.2 Å². The van der Waals surface area contributed by atoms with E-state index in [-0.39, 0.29) is 11.4 Å². The maximum absolute atomic E-state index is 12.2. The molecule has 9 nitrogen and oxygen atoms in total. The fraction of sp³-hybridized carbons (Fsp3) is 0.600. The number of hydrogen-bond donors (Lipinski definition) is 4. The van der Waals surface area contributed by atoms with Crippen LogP contribution in [0.5, 0.6) is 0 Å². The molecule has 6 N–H and O–H groups in total. The second-order valence-corrected chi connectivity index (χ2v) is 9.75. The number of imidazole rings is 1. The van der Waals surface area contributed by atoms with Gasteiger partial charge < -0.3 is 0 Å². The first-order valence-corrected chi connectivity index (χ1v) is 11.2. The summed E-state index contributed by atoms with van der Waals surface area (Å²) in [5.41, 5.74) is 13.0. The number of nitrogens with two attached hydrogens (primary N) is 2. The minimum absolute atomic E-state index is 0.0122. The van der Waals surface area contributed by atoms with Crippen LogP contribution < -0.4 is 11.5 Å². The Bertz CT molecular complexity index is 767. The number of nitrogens with zero attached hydrogens (tertiary/aromatic N) is 3. The van der Waals surface area contributed by atoms with Crippen molar-refractivity contribution in [3.05, 3.63) is 18.6 Å². The van der Waals surface area contributed by atoms with Crippen molar-refractivity contribution < 1.29 is 18.8 Å². The monoisotopic (exact) mass is 417 g/mol. The Balaban J connectivity index is 1.75. The van der Waals surface area contributed by atoms with Gasteiger partial charge in [0.1, 0.15) is 0 Å². The fourth-order valence-corrected chi connectivity index (χ4v) is 5.85. The molecule has 6 atom stereocenters. The Morgan fingerprint density at radius 3 is 2.88 bits per heavy atom. The molecular formula is C15H23N5O4Se. The molecule has 25 heavy (non-hydrogen) atoms. The van der Waals surface area contributed by atoms with Gasteiger partial charge in [0.25, 0.3) is 0 Å². The third-order valence-corrected chi connectivity index (χ3v) is 7.17. The van der Waals surface area contributed by atoms with Gasteiger partial charge in [-0.1, -0.05) is 0 Å². The number of aliphatic hydroxyl groups excluding tert-OH is 2. The molecule has 1 saturated heterocycles. The standard InChI is InChI=1S/C15H23N5O4Se/c1-8(16)3-5-25(23)6-10-12(21)13(22)15(24-10)20-7-19-11-9(17)2-4-18-14(11)20/h2,4,7-8,10,12-13,15,21-22H,3,5-6,16H2,1H3,(H2,17,18)/t8-,10-,12+,13?,15-,25?/m1/s1. The van der Waals surface area contributed by atoms with Crippen molar-refractivity contribution in [2.24, 2.45) is 5.73 Å². The molecule has 1 aliphatic rings. The zero-order chi connectivity index (χ0) is 18.1. The predicted molar refractivity (Wildman–Crippen MR) is 92.2 cm³/mol. The van der Waals surface area contributed by atoms with Crippen LogP contribution in [0.4, 0.5) is 5.69 Å². The number of aliphatic hydroxyl groups is 2. The number of nitrogen functional groups attached to an aromatic ring is 1. The molecule has 0 bridgehead atoms. The van der Waals surface area contributed by atoms with Gasteiger partial charge in [0.15, 0.2) is 0 Å². The van der Waals surface area contributed by atoms with Gasteiger partial charge in [-0.15, -0.1) is 0 Å². The van der Waals surface area contributed by atoms with Gasteiger partial charge in [-0.2, -0.15) is 0 Å². The van der Waals surface area contributed by atoms with E-state index in [0.717, 1.165) is 0 Å². The zero-order valence-electron chi connectivity index (χ0n) is 13.9. The number of anilines is 1. The van der Waals surface area contributed by atoms with Crippen LogP contribution >= 0.6 is 0 Å². The number of rotatable bonds is 6. The van der Waals surface area contributed by atoms with Gasteiger partial charge in [0.05, 0.1) is 0 Å². The normalized spacial score (nSPS) is 29.1. The van der Waals surface area contributed by atoms with Gasteiger partial charge in [0, 0.05) is 0 Å². The number of pyridine rings is 1. The Morgan fingerprint density at radius 1 is 1.40 bits per heavy atom. The predicted octanol–water partition coefficient (Wildman–Crippen LogP) is -0.208. The summed E-state index contributed by atoms with van der Waals surface area (Å²) in [6, 6.07) is 1.62. The van der Waals surface area contributed by atoms with Gasteiger partial charge >= 0.3 is 149 Å². The van der Waals surface area contributed by atoms with Crippen LogP contribution in [-0.2, 0) is 8.57 Å². The van der Waals surface area contributed by atoms with E-state index in [4.69, 9.17) is 16.2 Å². The Hall–Kier alpha value is -1.42. The maximum atomic E-state index is 12.2. The van der Waals surface area contributed by atoms with E-state index in [1.807, 2.05) is 6.92 Å². The van der Waals surface area contributed by atoms with Crippen molar-refractivity contribution in [1.29, 1.82) is 0 Å². The average molecular weight is 416 g/mol. The Morgan fingerprint density at radius 2 is 2.16 bits per heavy atom. The molecule has 10 heteroatoms. The molecule has 3 rings (SSSR count). The number of ether oxygens (including phenoxy) is 1. The number of fused-ring (bicyclic) bond motifs is 1. The number of aromatic nitrogens is 3. The molecule has 0 aliphatic carbocycles. The van der Waals surface area contributed by atoms with Crippen LogP contribution in [0.3, 0.4) is 0 Å². The van der Waals surface area contributed by atoms with Gasteiger partial charge in [0.2, 0.25) is 0 Å². The van der Waals surface area contributed by atoms with Crippen molar-refractivity contribution >= 4 is 30.7 Å². The molecule has 0 saturated carbocycles. The van der Waals surface area contributed by atoms with Gasteiger partial charge in [-0.05, 0) is 0 Å². The summed E-state index contributed by atoms with van der Waals surface area (Å²) in [5, 5.41) is 21.4. The minimum atomic E-state index is -2.19. The summed E-state index contributed by atoms with van der Waals surface area (Å²) in [6.07, 6.45) is -0.174. The van der Waals surface area contributed by atoms with E-state index in [9.17, 15) is 14.0 Å². The molecule has 0 spiro atoms. The van der Waals surface area contributed by atoms with Crippen LogP contribution in [0.15, 0.2) is 18.6 Å². The molecule has 2 aromatic heterocycles. The van der Waals surface area contributed by atoms with Crippen molar-refractivity contribution in [3.63, 3.8) is 0 Å². The molecule has 1 fully saturated rings. The molecule has 2 unspecified atom stereocenters. The van der Waals surface area contributed by atoms with E-state index in [1.54, 1.807) is 16.8 Å². The molecule has 3 heterocycles. The molecule has 138 valence electrons. The Kier molecular flexibility index (Phi) is 5.47. The summed E-state index contributed by atoms with van der Waals surface area (Å²) >= 11 is -2.19. The van der Waals surface area contributed by atoms with Crippen molar-refractivity contribution in [2.45, 2.75) is 54.6 Å². The van der Waals surface area contributed by atoms with Crippen molar-refractivity contribution in [3.8, 4) is 0 Å². The van der Waals surface area contributed by atoms with Gasteiger partial charge in [-0.25, -0.2) is 0 Å². The van der Waals surface area contributed by atoms with Crippen LogP contribution in [0.1, 0.15) is 19.6 Å². The summed E-state index contributed by atoms with van der Waals surface area (Å²) in [6.45, 7) is 1.86. The zero-order valence-corrected chi connectivity index (χ0v) is 15.6. The van der Waals surface area contributed by atoms with E-state index in [0.29, 0.717) is 28.6 Å². The van der Waals surface area contributed by atoms with E-state index >= 15 is 0 Å². The second kappa shape index (κ2) is 7.45. The first kappa shape index (κ1) is 18.4. The summed E-state index contributed by atoms with van der Waals surface area (Å²) in [4.78, 5) is 8.41. The summed E-state index contributed by atoms with van der Waals surface area (Å²) < 4.78 is 19.6. The van der Waals surface area contributed by atoms with E-state index < -0.39 is 38.4 Å². The number of hydrogen-bond acceptors (Lipinski definition) is 8. The first-order chi connectivity index (χ1) is 11.9. The van der Waals surface area contributed by atoms with Gasteiger partial charge in [-0.3, -0.25) is 0 Å². The van der Waals surface area contributed by atoms with E-state index in [2.05, 4.69) is 9.97 Å². The van der Waals surface area contributed by atoms with E-state index in [1.165, 1.54) is 6.33 Å². The topological polar surface area (TPSA) is 150 Å².